The number of nitrogens with one attached hydrogen (secondary N) is 1. The molecule has 31 heavy (non-hydrogen) atoms. The van der Waals surface area contributed by atoms with Crippen LogP contribution in [0.3, 0.4) is 0 Å². The van der Waals surface area contributed by atoms with Crippen LogP contribution in [0.1, 0.15) is 32.6 Å². The average Bonchev–Trinajstić information content (AvgIpc) is 3.37. The number of nitrogens with zero attached hydrogens (tertiary/aromatic N) is 3. The van der Waals surface area contributed by atoms with Gasteiger partial charge in [0.25, 0.3) is 0 Å². The van der Waals surface area contributed by atoms with Crippen LogP contribution < -0.4 is 5.32 Å². The van der Waals surface area contributed by atoms with Crippen LogP contribution in [0.5, 0.6) is 0 Å². The van der Waals surface area contributed by atoms with Crippen LogP contribution in [-0.4, -0.2) is 20.7 Å². The molecule has 7 heteroatoms. The monoisotopic (exact) mass is 448 g/mol. The van der Waals surface area contributed by atoms with Gasteiger partial charge < -0.3 is 9.88 Å². The lowest BCUT2D eigenvalue weighted by Crippen LogP contribution is -2.19. The fraction of sp³-hybridized carbons (Fsp3) is 0.208. The van der Waals surface area contributed by atoms with Crippen LogP contribution in [0.15, 0.2) is 71.2 Å². The van der Waals surface area contributed by atoms with Crippen molar-refractivity contribution in [2.24, 2.45) is 7.05 Å². The summed E-state index contributed by atoms with van der Waals surface area (Å²) in [4.78, 5) is 14.6. The van der Waals surface area contributed by atoms with Gasteiger partial charge in [-0.15, -0.1) is 21.5 Å². The summed E-state index contributed by atoms with van der Waals surface area (Å²) < 4.78 is 1.98. The van der Waals surface area contributed by atoms with E-state index >= 15 is 0 Å². The molecular formula is C24H24N4OS2. The Morgan fingerprint density at radius 3 is 2.48 bits per heavy atom. The molecule has 2 aromatic carbocycles. The third-order valence-electron chi connectivity index (χ3n) is 4.89. The Balaban J connectivity index is 1.59. The molecule has 1 atom stereocenters. The van der Waals surface area contributed by atoms with E-state index in [1.807, 2.05) is 74.0 Å². The maximum atomic E-state index is 13.3. The molecule has 0 saturated carbocycles. The van der Waals surface area contributed by atoms with Gasteiger partial charge in [0, 0.05) is 24.0 Å². The SMILES string of the molecule is Cc1cc(C)cc(NC(=O)[C@@H](Sc2nnc(Cc3cccs3)n2C)c2ccccc2)c1. The number of rotatable bonds is 7. The maximum absolute atomic E-state index is 13.3. The van der Waals surface area contributed by atoms with Gasteiger partial charge in [0.05, 0.1) is 0 Å². The van der Waals surface area contributed by atoms with Crippen LogP contribution in [0.25, 0.3) is 0 Å². The summed E-state index contributed by atoms with van der Waals surface area (Å²) in [6, 6.07) is 20.0. The van der Waals surface area contributed by atoms with E-state index < -0.39 is 5.25 Å². The number of hydrogen-bond acceptors (Lipinski definition) is 5. The van der Waals surface area contributed by atoms with E-state index in [4.69, 9.17) is 0 Å². The molecule has 4 aromatic rings. The third-order valence-corrected chi connectivity index (χ3v) is 7.06. The first-order valence-corrected chi connectivity index (χ1v) is 11.8. The van der Waals surface area contributed by atoms with Crippen molar-refractivity contribution >= 4 is 34.7 Å². The zero-order valence-corrected chi connectivity index (χ0v) is 19.3. The summed E-state index contributed by atoms with van der Waals surface area (Å²) in [5.41, 5.74) is 3.97. The Morgan fingerprint density at radius 2 is 1.81 bits per heavy atom. The normalized spacial score (nSPS) is 12.0. The summed E-state index contributed by atoms with van der Waals surface area (Å²) in [5.74, 6) is 0.801. The first-order chi connectivity index (χ1) is 15.0. The van der Waals surface area contributed by atoms with Crippen molar-refractivity contribution in [2.75, 3.05) is 5.32 Å². The van der Waals surface area contributed by atoms with Gasteiger partial charge in [-0.2, -0.15) is 0 Å². The molecule has 0 aliphatic rings. The summed E-state index contributed by atoms with van der Waals surface area (Å²) in [6.07, 6.45) is 0.729. The molecule has 0 saturated heterocycles. The fourth-order valence-corrected chi connectivity index (χ4v) is 5.15. The maximum Gasteiger partial charge on any atom is 0.242 e. The standard InChI is InChI=1S/C24H24N4OS2/c1-16-12-17(2)14-19(13-16)25-23(29)22(18-8-5-4-6-9-18)31-24-27-26-21(28(24)3)15-20-10-7-11-30-20/h4-14,22H,15H2,1-3H3,(H,25,29)/t22-/m0/s1. The van der Waals surface area contributed by atoms with Crippen molar-refractivity contribution in [3.05, 3.63) is 93.4 Å². The van der Waals surface area contributed by atoms with Crippen molar-refractivity contribution in [3.63, 3.8) is 0 Å². The van der Waals surface area contributed by atoms with Gasteiger partial charge in [0.1, 0.15) is 11.1 Å². The second-order valence-corrected chi connectivity index (χ2v) is 9.59. The predicted octanol–water partition coefficient (Wildman–Crippen LogP) is 5.56. The molecule has 0 radical (unpaired) electrons. The molecule has 2 heterocycles. The number of hydrogen-bond donors (Lipinski definition) is 1. The lowest BCUT2D eigenvalue weighted by molar-refractivity contribution is -0.115. The lowest BCUT2D eigenvalue weighted by Gasteiger charge is -2.17. The minimum absolute atomic E-state index is 0.0796. The van der Waals surface area contributed by atoms with Gasteiger partial charge in [-0.25, -0.2) is 0 Å². The van der Waals surface area contributed by atoms with Crippen molar-refractivity contribution in [3.8, 4) is 0 Å². The molecule has 1 N–H and O–H groups in total. The molecule has 0 spiro atoms. The molecule has 5 nitrogen and oxygen atoms in total. The molecule has 0 aliphatic carbocycles. The van der Waals surface area contributed by atoms with Crippen molar-refractivity contribution in [1.82, 2.24) is 14.8 Å². The summed E-state index contributed by atoms with van der Waals surface area (Å²) >= 11 is 3.12. The van der Waals surface area contributed by atoms with E-state index in [1.165, 1.54) is 16.6 Å². The minimum Gasteiger partial charge on any atom is -0.325 e. The van der Waals surface area contributed by atoms with Crippen molar-refractivity contribution < 1.29 is 4.79 Å². The van der Waals surface area contributed by atoms with Crippen LogP contribution >= 0.6 is 23.1 Å². The zero-order valence-electron chi connectivity index (χ0n) is 17.7. The number of carbonyl (C=O) groups is 1. The molecule has 158 valence electrons. The highest BCUT2D eigenvalue weighted by atomic mass is 32.2. The quantitative estimate of drug-likeness (QED) is 0.376. The van der Waals surface area contributed by atoms with E-state index in [0.717, 1.165) is 39.8 Å². The number of amides is 1. The van der Waals surface area contributed by atoms with Gasteiger partial charge in [-0.3, -0.25) is 4.79 Å². The first-order valence-electron chi connectivity index (χ1n) is 10.0. The number of thiophene rings is 1. The zero-order chi connectivity index (χ0) is 21.8. The Bertz CT molecular complexity index is 1150. The molecular weight excluding hydrogens is 424 g/mol. The van der Waals surface area contributed by atoms with E-state index in [2.05, 4.69) is 33.0 Å². The van der Waals surface area contributed by atoms with Gasteiger partial charge >= 0.3 is 0 Å². The van der Waals surface area contributed by atoms with Crippen LogP contribution in [0.4, 0.5) is 5.69 Å². The van der Waals surface area contributed by atoms with Gasteiger partial charge in [0.15, 0.2) is 5.16 Å². The molecule has 4 rings (SSSR count). The largest absolute Gasteiger partial charge is 0.325 e. The topological polar surface area (TPSA) is 59.8 Å². The lowest BCUT2D eigenvalue weighted by atomic mass is 10.1. The second kappa shape index (κ2) is 9.49. The highest BCUT2D eigenvalue weighted by Gasteiger charge is 2.25. The minimum atomic E-state index is -0.445. The summed E-state index contributed by atoms with van der Waals surface area (Å²) in [7, 11) is 1.95. The van der Waals surface area contributed by atoms with E-state index in [1.54, 1.807) is 11.3 Å². The summed E-state index contributed by atoms with van der Waals surface area (Å²) in [6.45, 7) is 4.06. The summed E-state index contributed by atoms with van der Waals surface area (Å²) in [5, 5.41) is 14.2. The fourth-order valence-electron chi connectivity index (χ4n) is 3.43. The highest BCUT2D eigenvalue weighted by Crippen LogP contribution is 2.35. The molecule has 0 fully saturated rings. The van der Waals surface area contributed by atoms with Gasteiger partial charge in [0.2, 0.25) is 5.91 Å². The molecule has 1 amide bonds. The van der Waals surface area contributed by atoms with Crippen molar-refractivity contribution in [1.29, 1.82) is 0 Å². The number of benzene rings is 2. The Hall–Kier alpha value is -2.90. The first kappa shape index (κ1) is 21.3. The van der Waals surface area contributed by atoms with E-state index in [-0.39, 0.29) is 5.91 Å². The van der Waals surface area contributed by atoms with Gasteiger partial charge in [-0.05, 0) is 54.1 Å². The number of anilines is 1. The van der Waals surface area contributed by atoms with Crippen LogP contribution in [0, 0.1) is 13.8 Å². The number of carbonyl (C=O) groups excluding carboxylic acids is 1. The Kier molecular flexibility index (Phi) is 6.53. The molecule has 0 aliphatic heterocycles. The molecule has 2 aromatic heterocycles. The second-order valence-electron chi connectivity index (χ2n) is 7.49. The van der Waals surface area contributed by atoms with Crippen molar-refractivity contribution in [2.45, 2.75) is 30.7 Å². The molecule has 0 unspecified atom stereocenters. The number of aryl methyl sites for hydroxylation is 2. The van der Waals surface area contributed by atoms with E-state index in [0.29, 0.717) is 0 Å². The predicted molar refractivity (Wildman–Crippen MR) is 128 cm³/mol. The molecule has 0 bridgehead atoms. The Morgan fingerprint density at radius 1 is 1.06 bits per heavy atom. The average molecular weight is 449 g/mol. The van der Waals surface area contributed by atoms with Gasteiger partial charge in [-0.1, -0.05) is 54.2 Å². The number of thioether (sulfide) groups is 1. The van der Waals surface area contributed by atoms with Crippen LogP contribution in [-0.2, 0) is 18.3 Å². The Labute approximate surface area is 190 Å². The third kappa shape index (κ3) is 5.24. The van der Waals surface area contributed by atoms with E-state index in [9.17, 15) is 4.79 Å². The smallest absolute Gasteiger partial charge is 0.242 e. The highest BCUT2D eigenvalue weighted by molar-refractivity contribution is 8.00. The number of aromatic nitrogens is 3. The van der Waals surface area contributed by atoms with Crippen LogP contribution in [0.2, 0.25) is 0 Å².